The summed E-state index contributed by atoms with van der Waals surface area (Å²) in [6.45, 7) is 0.743. The van der Waals surface area contributed by atoms with E-state index in [9.17, 15) is 9.90 Å². The molecule has 126 valence electrons. The van der Waals surface area contributed by atoms with Crippen LogP contribution in [0.1, 0.15) is 69.3 Å². The molecule has 2 unspecified atom stereocenters. The number of pyridine rings is 1. The molecule has 2 fully saturated rings. The average molecular weight is 323 g/mol. The summed E-state index contributed by atoms with van der Waals surface area (Å²) < 4.78 is 5.77. The van der Waals surface area contributed by atoms with Crippen LogP contribution in [0, 0.1) is 11.8 Å². The number of carboxylic acid groups (broad SMARTS) is 1. The van der Waals surface area contributed by atoms with Gasteiger partial charge in [0.25, 0.3) is 0 Å². The summed E-state index contributed by atoms with van der Waals surface area (Å²) in [7, 11) is 0. The summed E-state index contributed by atoms with van der Waals surface area (Å²) >= 11 is 0. The van der Waals surface area contributed by atoms with Crippen LogP contribution in [0.4, 0.5) is 0 Å². The van der Waals surface area contributed by atoms with Gasteiger partial charge in [-0.1, -0.05) is 38.2 Å². The molecule has 1 aromatic rings. The van der Waals surface area contributed by atoms with E-state index in [4.69, 9.17) is 4.74 Å². The number of aliphatic carboxylic acids is 1. The minimum atomic E-state index is -0.914. The second kappa shape index (κ2) is 9.49. The molecule has 2 atom stereocenters. The Kier molecular flexibility index (Phi) is 7.65. The van der Waals surface area contributed by atoms with Gasteiger partial charge in [-0.15, -0.1) is 0 Å². The molecule has 0 N–H and O–H groups in total. The summed E-state index contributed by atoms with van der Waals surface area (Å²) in [6, 6.07) is 3.95. The second-order valence-corrected chi connectivity index (χ2v) is 7.10. The van der Waals surface area contributed by atoms with Crippen LogP contribution in [0.15, 0.2) is 18.3 Å². The number of carbonyl (C=O) groups is 1. The van der Waals surface area contributed by atoms with Crippen molar-refractivity contribution in [1.82, 2.24) is 4.98 Å². The maximum Gasteiger partial charge on any atom is 1.00 e. The van der Waals surface area contributed by atoms with Crippen LogP contribution in [-0.2, 0) is 4.79 Å². The molecule has 2 aliphatic carbocycles. The maximum atomic E-state index is 10.9. The monoisotopic (exact) mass is 323 g/mol. The van der Waals surface area contributed by atoms with Gasteiger partial charge in [-0.25, -0.2) is 4.98 Å². The zero-order valence-corrected chi connectivity index (χ0v) is 14.7. The van der Waals surface area contributed by atoms with Gasteiger partial charge in [0.1, 0.15) is 0 Å². The number of carbonyl (C=O) groups excluding carboxylic acids is 1. The number of hydrogen-bond donors (Lipinski definition) is 0. The summed E-state index contributed by atoms with van der Waals surface area (Å²) in [5.41, 5.74) is 1.12. The van der Waals surface area contributed by atoms with Gasteiger partial charge in [0.2, 0.25) is 5.88 Å². The van der Waals surface area contributed by atoms with Crippen LogP contribution < -0.4 is 28.7 Å². The van der Waals surface area contributed by atoms with Crippen LogP contribution >= 0.6 is 0 Å². The van der Waals surface area contributed by atoms with Crippen molar-refractivity contribution in [2.24, 2.45) is 11.8 Å². The smallest absolute Gasteiger partial charge is 0.550 e. The minimum Gasteiger partial charge on any atom is -0.550 e. The van der Waals surface area contributed by atoms with Gasteiger partial charge < -0.3 is 14.6 Å². The topological polar surface area (TPSA) is 62.2 Å². The molecule has 1 aromatic heterocycles. The molecule has 0 aliphatic heterocycles. The average Bonchev–Trinajstić information content (AvgIpc) is 3.07. The van der Waals surface area contributed by atoms with Crippen LogP contribution in [-0.4, -0.2) is 17.6 Å². The second-order valence-electron chi connectivity index (χ2n) is 7.10. The maximum absolute atomic E-state index is 10.9. The van der Waals surface area contributed by atoms with Crippen molar-refractivity contribution in [2.75, 3.05) is 6.61 Å². The Morgan fingerprint density at radius 3 is 2.58 bits per heavy atom. The van der Waals surface area contributed by atoms with E-state index < -0.39 is 5.97 Å². The van der Waals surface area contributed by atoms with Crippen molar-refractivity contribution in [3.05, 3.63) is 23.9 Å². The van der Waals surface area contributed by atoms with E-state index in [2.05, 4.69) is 4.98 Å². The molecule has 1 heterocycles. The first-order chi connectivity index (χ1) is 11.2. The summed E-state index contributed by atoms with van der Waals surface area (Å²) in [4.78, 5) is 15.3. The molecule has 0 radical (unpaired) electrons. The number of aromatic nitrogens is 1. The number of hydrogen-bond acceptors (Lipinski definition) is 4. The molecule has 2 saturated carbocycles. The van der Waals surface area contributed by atoms with E-state index in [1.165, 1.54) is 32.1 Å². The van der Waals surface area contributed by atoms with Crippen molar-refractivity contribution in [3.63, 3.8) is 0 Å². The van der Waals surface area contributed by atoms with Crippen LogP contribution in [0.5, 0.6) is 5.88 Å². The van der Waals surface area contributed by atoms with Gasteiger partial charge >= 0.3 is 18.9 Å². The fourth-order valence-corrected chi connectivity index (χ4v) is 4.02. The number of carboxylic acids is 1. The molecule has 0 aromatic carbocycles. The van der Waals surface area contributed by atoms with Crippen molar-refractivity contribution < 1.29 is 33.5 Å². The summed E-state index contributed by atoms with van der Waals surface area (Å²) in [6.07, 6.45) is 12.1. The SMILES string of the molecule is O=C([O-])C1CCC(c2ccc(OCCC3CCCCC3)nc2)C1.[Li+]. The van der Waals surface area contributed by atoms with Crippen LogP contribution in [0.3, 0.4) is 0 Å². The molecule has 0 amide bonds. The van der Waals surface area contributed by atoms with Gasteiger partial charge in [-0.2, -0.15) is 0 Å². The number of ether oxygens (including phenoxy) is 1. The predicted octanol–water partition coefficient (Wildman–Crippen LogP) is 0.0684. The van der Waals surface area contributed by atoms with Crippen LogP contribution in [0.2, 0.25) is 0 Å². The van der Waals surface area contributed by atoms with Gasteiger partial charge in [-0.3, -0.25) is 0 Å². The Morgan fingerprint density at radius 2 is 1.96 bits per heavy atom. The van der Waals surface area contributed by atoms with Gasteiger partial charge in [0.05, 0.1) is 6.61 Å². The first-order valence-electron chi connectivity index (χ1n) is 9.02. The minimum absolute atomic E-state index is 0. The zero-order valence-electron chi connectivity index (χ0n) is 14.7. The molecule has 24 heavy (non-hydrogen) atoms. The van der Waals surface area contributed by atoms with Crippen molar-refractivity contribution in [2.45, 2.75) is 63.7 Å². The van der Waals surface area contributed by atoms with Crippen LogP contribution in [0.25, 0.3) is 0 Å². The predicted molar refractivity (Wildman–Crippen MR) is 86.0 cm³/mol. The first-order valence-corrected chi connectivity index (χ1v) is 9.02. The largest absolute Gasteiger partial charge is 1.00 e. The zero-order chi connectivity index (χ0) is 16.1. The standard InChI is InChI=1S/C19H27NO3.Li/c21-19(22)16-7-6-15(12-16)17-8-9-18(20-13-17)23-11-10-14-4-2-1-3-5-14;/h8-9,13-16H,1-7,10-12H2,(H,21,22);/q;+1/p-1. The molecule has 0 saturated heterocycles. The van der Waals surface area contributed by atoms with Crippen molar-refractivity contribution >= 4 is 5.97 Å². The number of rotatable bonds is 6. The number of nitrogens with zero attached hydrogens (tertiary/aromatic N) is 1. The fourth-order valence-electron chi connectivity index (χ4n) is 4.02. The third-order valence-corrected chi connectivity index (χ3v) is 5.50. The Hall–Kier alpha value is -0.983. The Balaban J connectivity index is 0.00000208. The Bertz CT molecular complexity index is 514. The molecule has 4 nitrogen and oxygen atoms in total. The molecule has 3 rings (SSSR count). The van der Waals surface area contributed by atoms with E-state index >= 15 is 0 Å². The quantitative estimate of drug-likeness (QED) is 0.695. The molecule has 0 bridgehead atoms. The summed E-state index contributed by atoms with van der Waals surface area (Å²) in [5.74, 6) is 0.582. The third kappa shape index (κ3) is 5.26. The van der Waals surface area contributed by atoms with Crippen molar-refractivity contribution in [3.8, 4) is 5.88 Å². The van der Waals surface area contributed by atoms with Gasteiger partial charge in [0, 0.05) is 18.2 Å². The normalized spacial score (nSPS) is 24.3. The van der Waals surface area contributed by atoms with E-state index in [0.29, 0.717) is 24.6 Å². The molecule has 0 spiro atoms. The van der Waals surface area contributed by atoms with Crippen molar-refractivity contribution in [1.29, 1.82) is 0 Å². The summed E-state index contributed by atoms with van der Waals surface area (Å²) in [5, 5.41) is 10.9. The first kappa shape index (κ1) is 19.3. The van der Waals surface area contributed by atoms with E-state index in [1.807, 2.05) is 18.3 Å². The van der Waals surface area contributed by atoms with Gasteiger partial charge in [0.15, 0.2) is 0 Å². The molecule has 2 aliphatic rings. The van der Waals surface area contributed by atoms with E-state index in [0.717, 1.165) is 30.9 Å². The molecule has 5 heteroatoms. The van der Waals surface area contributed by atoms with E-state index in [1.54, 1.807) is 0 Å². The van der Waals surface area contributed by atoms with Gasteiger partial charge in [-0.05, 0) is 49.0 Å². The third-order valence-electron chi connectivity index (χ3n) is 5.50. The molecular weight excluding hydrogens is 297 g/mol. The molecular formula is C19H26LiNO3. The fraction of sp³-hybridized carbons (Fsp3) is 0.684. The Morgan fingerprint density at radius 1 is 1.17 bits per heavy atom. The van der Waals surface area contributed by atoms with E-state index in [-0.39, 0.29) is 24.8 Å². The Labute approximate surface area is 156 Å².